The fourth-order valence-electron chi connectivity index (χ4n) is 3.75. The molecule has 1 fully saturated rings. The average Bonchev–Trinajstić information content (AvgIpc) is 3.28. The van der Waals surface area contributed by atoms with E-state index in [1.807, 2.05) is 75.4 Å². The van der Waals surface area contributed by atoms with E-state index in [1.165, 1.54) is 11.3 Å². The van der Waals surface area contributed by atoms with Gasteiger partial charge < -0.3 is 5.32 Å². The SMILES string of the molecule is Cc1ccc(C(=O)CN2C(=O)N[C@](c3ccccc3)(c3ccc(C)c(C)c3)C2=O)s1. The van der Waals surface area contributed by atoms with Gasteiger partial charge in [0.25, 0.3) is 5.91 Å². The number of nitrogens with zero attached hydrogens (tertiary/aromatic N) is 1. The fourth-order valence-corrected chi connectivity index (χ4v) is 4.54. The number of carbonyl (C=O) groups excluding carboxylic acids is 3. The summed E-state index contributed by atoms with van der Waals surface area (Å²) in [6.45, 7) is 5.59. The Balaban J connectivity index is 1.78. The van der Waals surface area contributed by atoms with Gasteiger partial charge in [0, 0.05) is 4.88 Å². The molecule has 0 aliphatic carbocycles. The quantitative estimate of drug-likeness (QED) is 0.495. The van der Waals surface area contributed by atoms with Crippen LogP contribution in [0.15, 0.2) is 60.7 Å². The van der Waals surface area contributed by atoms with Gasteiger partial charge in [-0.05, 0) is 55.2 Å². The van der Waals surface area contributed by atoms with E-state index in [4.69, 9.17) is 0 Å². The van der Waals surface area contributed by atoms with Crippen LogP contribution in [0, 0.1) is 20.8 Å². The molecule has 4 rings (SSSR count). The van der Waals surface area contributed by atoms with E-state index in [0.29, 0.717) is 16.0 Å². The highest BCUT2D eigenvalue weighted by Gasteiger charge is 2.54. The van der Waals surface area contributed by atoms with Crippen LogP contribution >= 0.6 is 11.3 Å². The number of benzene rings is 2. The predicted molar refractivity (Wildman–Crippen MR) is 117 cm³/mol. The molecule has 3 amide bonds. The first-order valence-electron chi connectivity index (χ1n) is 9.70. The van der Waals surface area contributed by atoms with Crippen LogP contribution in [-0.2, 0) is 10.3 Å². The van der Waals surface area contributed by atoms with E-state index in [1.54, 1.807) is 6.07 Å². The van der Waals surface area contributed by atoms with E-state index in [0.717, 1.165) is 20.9 Å². The van der Waals surface area contributed by atoms with Crippen molar-refractivity contribution in [2.45, 2.75) is 26.3 Å². The summed E-state index contributed by atoms with van der Waals surface area (Å²) >= 11 is 1.36. The molecular formula is C24H22N2O3S. The molecule has 2 heterocycles. The van der Waals surface area contributed by atoms with Gasteiger partial charge in [0.15, 0.2) is 11.3 Å². The minimum atomic E-state index is -1.36. The molecule has 152 valence electrons. The van der Waals surface area contributed by atoms with Gasteiger partial charge in [0.05, 0.1) is 11.4 Å². The maximum absolute atomic E-state index is 13.7. The number of thiophene rings is 1. The van der Waals surface area contributed by atoms with Gasteiger partial charge in [0.1, 0.15) is 0 Å². The first kappa shape index (κ1) is 20.0. The Hall–Kier alpha value is -3.25. The van der Waals surface area contributed by atoms with E-state index >= 15 is 0 Å². The third-order valence-corrected chi connectivity index (χ3v) is 6.61. The summed E-state index contributed by atoms with van der Waals surface area (Å²) in [4.78, 5) is 41.9. The Labute approximate surface area is 179 Å². The molecule has 0 spiro atoms. The van der Waals surface area contributed by atoms with Crippen LogP contribution in [0.2, 0.25) is 0 Å². The van der Waals surface area contributed by atoms with Gasteiger partial charge in [-0.15, -0.1) is 11.3 Å². The van der Waals surface area contributed by atoms with Crippen LogP contribution in [0.1, 0.15) is 36.8 Å². The molecule has 5 nitrogen and oxygen atoms in total. The summed E-state index contributed by atoms with van der Waals surface area (Å²) in [5, 5.41) is 2.90. The first-order valence-corrected chi connectivity index (χ1v) is 10.5. The summed E-state index contributed by atoms with van der Waals surface area (Å²) in [5.74, 6) is -0.691. The second-order valence-electron chi connectivity index (χ2n) is 7.57. The number of rotatable bonds is 5. The molecule has 30 heavy (non-hydrogen) atoms. The Morgan fingerprint density at radius 2 is 1.67 bits per heavy atom. The van der Waals surface area contributed by atoms with Crippen molar-refractivity contribution < 1.29 is 14.4 Å². The van der Waals surface area contributed by atoms with Crippen LogP contribution < -0.4 is 5.32 Å². The second kappa shape index (κ2) is 7.54. The lowest BCUT2D eigenvalue weighted by Crippen LogP contribution is -2.45. The molecule has 2 aromatic carbocycles. The summed E-state index contributed by atoms with van der Waals surface area (Å²) in [7, 11) is 0. The smallest absolute Gasteiger partial charge is 0.315 e. The standard InChI is InChI=1S/C24H22N2O3S/c1-15-9-11-19(13-16(15)2)24(18-7-5-4-6-8-18)22(28)26(23(29)25-24)14-20(27)21-12-10-17(3)30-21/h4-13H,14H2,1-3H3,(H,25,29)/t24-/m1/s1. The van der Waals surface area contributed by atoms with Crippen molar-refractivity contribution >= 4 is 29.1 Å². The molecule has 1 N–H and O–H groups in total. The lowest BCUT2D eigenvalue weighted by atomic mass is 9.81. The molecule has 0 bridgehead atoms. The van der Waals surface area contributed by atoms with Crippen LogP contribution in [0.5, 0.6) is 0 Å². The topological polar surface area (TPSA) is 66.5 Å². The van der Waals surface area contributed by atoms with Gasteiger partial charge in [-0.25, -0.2) is 4.79 Å². The Bertz CT molecular complexity index is 1150. The summed E-state index contributed by atoms with van der Waals surface area (Å²) in [6, 6.07) is 17.9. The summed E-state index contributed by atoms with van der Waals surface area (Å²) in [5.41, 5.74) is 2.10. The van der Waals surface area contributed by atoms with Crippen LogP contribution in [0.3, 0.4) is 0 Å². The lowest BCUT2D eigenvalue weighted by Gasteiger charge is -2.28. The van der Waals surface area contributed by atoms with Crippen molar-refractivity contribution in [3.8, 4) is 0 Å². The lowest BCUT2D eigenvalue weighted by molar-refractivity contribution is -0.129. The van der Waals surface area contributed by atoms with Crippen molar-refractivity contribution in [1.29, 1.82) is 0 Å². The number of hydrogen-bond donors (Lipinski definition) is 1. The van der Waals surface area contributed by atoms with E-state index in [2.05, 4.69) is 5.32 Å². The molecule has 0 unspecified atom stereocenters. The third kappa shape index (κ3) is 3.23. The van der Waals surface area contributed by atoms with Gasteiger partial charge in [-0.3, -0.25) is 14.5 Å². The maximum atomic E-state index is 13.7. The number of ketones is 1. The molecule has 1 aliphatic rings. The predicted octanol–water partition coefficient (Wildman–Crippen LogP) is 4.35. The Morgan fingerprint density at radius 3 is 2.30 bits per heavy atom. The largest absolute Gasteiger partial charge is 0.325 e. The Kier molecular flexibility index (Phi) is 5.03. The van der Waals surface area contributed by atoms with Crippen molar-refractivity contribution in [3.05, 3.63) is 92.7 Å². The first-order chi connectivity index (χ1) is 14.3. The zero-order chi connectivity index (χ0) is 21.5. The highest BCUT2D eigenvalue weighted by Crippen LogP contribution is 2.37. The minimum absolute atomic E-state index is 0.249. The summed E-state index contributed by atoms with van der Waals surface area (Å²) < 4.78 is 0. The van der Waals surface area contributed by atoms with Crippen molar-refractivity contribution in [1.82, 2.24) is 10.2 Å². The van der Waals surface area contributed by atoms with Crippen molar-refractivity contribution in [2.24, 2.45) is 0 Å². The fraction of sp³-hybridized carbons (Fsp3) is 0.208. The van der Waals surface area contributed by atoms with Crippen molar-refractivity contribution in [3.63, 3.8) is 0 Å². The van der Waals surface area contributed by atoms with Crippen molar-refractivity contribution in [2.75, 3.05) is 6.54 Å². The van der Waals surface area contributed by atoms with Gasteiger partial charge in [-0.2, -0.15) is 0 Å². The second-order valence-corrected chi connectivity index (χ2v) is 8.86. The molecule has 1 atom stereocenters. The molecule has 0 radical (unpaired) electrons. The van der Waals surface area contributed by atoms with Gasteiger partial charge in [0.2, 0.25) is 0 Å². The molecule has 1 aliphatic heterocycles. The highest BCUT2D eigenvalue weighted by molar-refractivity contribution is 7.14. The van der Waals surface area contributed by atoms with E-state index in [-0.39, 0.29) is 12.3 Å². The number of aryl methyl sites for hydroxylation is 3. The molecule has 1 saturated heterocycles. The number of hydrogen-bond acceptors (Lipinski definition) is 4. The van der Waals surface area contributed by atoms with Gasteiger partial charge in [-0.1, -0.05) is 48.5 Å². The number of amides is 3. The number of urea groups is 1. The van der Waals surface area contributed by atoms with Crippen LogP contribution in [0.25, 0.3) is 0 Å². The highest BCUT2D eigenvalue weighted by atomic mass is 32.1. The molecule has 0 saturated carbocycles. The van der Waals surface area contributed by atoms with Gasteiger partial charge >= 0.3 is 6.03 Å². The third-order valence-electron chi connectivity index (χ3n) is 5.57. The average molecular weight is 419 g/mol. The zero-order valence-electron chi connectivity index (χ0n) is 17.1. The Morgan fingerprint density at radius 1 is 0.933 bits per heavy atom. The van der Waals surface area contributed by atoms with Crippen LogP contribution in [-0.4, -0.2) is 29.2 Å². The number of nitrogens with one attached hydrogen (secondary N) is 1. The molecule has 6 heteroatoms. The van der Waals surface area contributed by atoms with Crippen LogP contribution in [0.4, 0.5) is 4.79 Å². The normalized spacial score (nSPS) is 18.6. The zero-order valence-corrected chi connectivity index (χ0v) is 17.9. The monoisotopic (exact) mass is 418 g/mol. The summed E-state index contributed by atoms with van der Waals surface area (Å²) in [6.07, 6.45) is 0. The minimum Gasteiger partial charge on any atom is -0.315 e. The molecule has 1 aromatic heterocycles. The number of imide groups is 1. The molecule has 3 aromatic rings. The van der Waals surface area contributed by atoms with E-state index in [9.17, 15) is 14.4 Å². The number of Topliss-reactive ketones (excluding diaryl/α,β-unsaturated/α-hetero) is 1. The maximum Gasteiger partial charge on any atom is 0.325 e. The van der Waals surface area contributed by atoms with E-state index < -0.39 is 17.5 Å². The molecular weight excluding hydrogens is 396 g/mol. The number of carbonyl (C=O) groups is 3.